The van der Waals surface area contributed by atoms with Crippen LogP contribution in [0.3, 0.4) is 0 Å². The minimum atomic E-state index is -1.01. The van der Waals surface area contributed by atoms with Gasteiger partial charge in [-0.2, -0.15) is 0 Å². The smallest absolute Gasteiger partial charge is 0.331 e. The molecule has 1 N–H and O–H groups in total. The van der Waals surface area contributed by atoms with Gasteiger partial charge in [0.05, 0.1) is 7.11 Å². The molecule has 1 amide bonds. The lowest BCUT2D eigenvalue weighted by Gasteiger charge is -2.27. The van der Waals surface area contributed by atoms with Crippen LogP contribution in [0.4, 0.5) is 0 Å². The number of rotatable bonds is 7. The second-order valence-corrected chi connectivity index (χ2v) is 6.18. The lowest BCUT2D eigenvalue weighted by molar-refractivity contribution is -0.147. The Balaban J connectivity index is 2.99. The zero-order chi connectivity index (χ0) is 16.0. The Bertz CT molecular complexity index is 513. The predicted octanol–water partition coefficient (Wildman–Crippen LogP) is 3.12. The molecule has 6 heteroatoms. The average molecular weight is 359 g/mol. The number of hydrogen-bond donors (Lipinski definition) is 1. The zero-order valence-corrected chi connectivity index (χ0v) is 14.6. The Morgan fingerprint density at radius 3 is 2.57 bits per heavy atom. The average Bonchev–Trinajstić information content (AvgIpc) is 2.79. The summed E-state index contributed by atoms with van der Waals surface area (Å²) in [5, 5.41) is 2.82. The first-order valence-electron chi connectivity index (χ1n) is 7.14. The molecule has 1 unspecified atom stereocenters. The van der Waals surface area contributed by atoms with Crippen molar-refractivity contribution < 1.29 is 14.3 Å². The minimum Gasteiger partial charge on any atom is -0.467 e. The number of carbonyl (C=O) groups is 2. The van der Waals surface area contributed by atoms with Crippen LogP contribution in [0.1, 0.15) is 50.5 Å². The van der Waals surface area contributed by atoms with E-state index in [0.29, 0.717) is 12.1 Å². The third kappa shape index (κ3) is 4.33. The van der Waals surface area contributed by atoms with Crippen LogP contribution in [-0.2, 0) is 16.1 Å². The fourth-order valence-electron chi connectivity index (χ4n) is 2.35. The zero-order valence-electron chi connectivity index (χ0n) is 13.0. The standard InChI is InChI=1S/C15H23BrN2O3/c1-5-7-15(3,14(20)21-4)17-13(19)12-9-11(16)10-18(12)8-6-2/h9-10H,5-8H2,1-4H3,(H,17,19). The number of esters is 1. The summed E-state index contributed by atoms with van der Waals surface area (Å²) in [4.78, 5) is 24.5. The first kappa shape index (κ1) is 17.8. The molecule has 0 aliphatic heterocycles. The van der Waals surface area contributed by atoms with Crippen LogP contribution >= 0.6 is 15.9 Å². The molecule has 1 atom stereocenters. The van der Waals surface area contributed by atoms with Crippen molar-refractivity contribution in [2.24, 2.45) is 0 Å². The second-order valence-electron chi connectivity index (χ2n) is 5.26. The van der Waals surface area contributed by atoms with E-state index in [1.807, 2.05) is 24.6 Å². The SMILES string of the molecule is CCCn1cc(Br)cc1C(=O)NC(C)(CCC)C(=O)OC. The van der Waals surface area contributed by atoms with Gasteiger partial charge in [0.15, 0.2) is 0 Å². The normalized spacial score (nSPS) is 13.6. The number of nitrogens with one attached hydrogen (secondary N) is 1. The molecule has 0 saturated carbocycles. The molecule has 1 aromatic rings. The number of carbonyl (C=O) groups excluding carboxylic acids is 2. The third-order valence-corrected chi connectivity index (χ3v) is 3.77. The molecule has 0 spiro atoms. The summed E-state index contributed by atoms with van der Waals surface area (Å²) < 4.78 is 7.54. The Kier molecular flexibility index (Phi) is 6.45. The van der Waals surface area contributed by atoms with Crippen LogP contribution in [0.15, 0.2) is 16.7 Å². The van der Waals surface area contributed by atoms with Gasteiger partial charge in [0, 0.05) is 17.2 Å². The molecular weight excluding hydrogens is 336 g/mol. The van der Waals surface area contributed by atoms with E-state index < -0.39 is 11.5 Å². The summed E-state index contributed by atoms with van der Waals surface area (Å²) in [5.74, 6) is -0.694. The maximum atomic E-state index is 12.5. The van der Waals surface area contributed by atoms with E-state index in [1.165, 1.54) is 7.11 Å². The summed E-state index contributed by atoms with van der Waals surface area (Å²) in [5.41, 5.74) is -0.469. The minimum absolute atomic E-state index is 0.268. The molecule has 21 heavy (non-hydrogen) atoms. The highest BCUT2D eigenvalue weighted by atomic mass is 79.9. The molecule has 1 heterocycles. The topological polar surface area (TPSA) is 60.3 Å². The summed E-state index contributed by atoms with van der Waals surface area (Å²) >= 11 is 3.38. The van der Waals surface area contributed by atoms with Crippen molar-refractivity contribution in [1.29, 1.82) is 0 Å². The van der Waals surface area contributed by atoms with Crippen LogP contribution in [0, 0.1) is 0 Å². The largest absolute Gasteiger partial charge is 0.467 e. The molecule has 118 valence electrons. The highest BCUT2D eigenvalue weighted by molar-refractivity contribution is 9.10. The van der Waals surface area contributed by atoms with Gasteiger partial charge in [0.25, 0.3) is 5.91 Å². The molecule has 0 radical (unpaired) electrons. The second kappa shape index (κ2) is 7.64. The van der Waals surface area contributed by atoms with Gasteiger partial charge in [-0.05, 0) is 41.8 Å². The fraction of sp³-hybridized carbons (Fsp3) is 0.600. The van der Waals surface area contributed by atoms with E-state index in [9.17, 15) is 9.59 Å². The number of aryl methyl sites for hydroxylation is 1. The van der Waals surface area contributed by atoms with E-state index in [2.05, 4.69) is 21.2 Å². The lowest BCUT2D eigenvalue weighted by atomic mass is 9.96. The van der Waals surface area contributed by atoms with E-state index in [0.717, 1.165) is 23.9 Å². The molecule has 1 rings (SSSR count). The van der Waals surface area contributed by atoms with E-state index in [-0.39, 0.29) is 5.91 Å². The van der Waals surface area contributed by atoms with Crippen molar-refractivity contribution in [3.8, 4) is 0 Å². The Labute approximate surface area is 134 Å². The van der Waals surface area contributed by atoms with E-state index >= 15 is 0 Å². The molecule has 1 aromatic heterocycles. The number of ether oxygens (including phenoxy) is 1. The lowest BCUT2D eigenvalue weighted by Crippen LogP contribution is -2.53. The van der Waals surface area contributed by atoms with Crippen LogP contribution in [0.5, 0.6) is 0 Å². The van der Waals surface area contributed by atoms with E-state index in [1.54, 1.807) is 13.0 Å². The maximum Gasteiger partial charge on any atom is 0.331 e. The molecule has 0 fully saturated rings. The van der Waals surface area contributed by atoms with Crippen LogP contribution < -0.4 is 5.32 Å². The molecule has 0 aliphatic rings. The first-order chi connectivity index (χ1) is 9.87. The van der Waals surface area contributed by atoms with Gasteiger partial charge in [0.2, 0.25) is 0 Å². The van der Waals surface area contributed by atoms with Gasteiger partial charge >= 0.3 is 5.97 Å². The number of aromatic nitrogens is 1. The molecular formula is C15H23BrN2O3. The Morgan fingerprint density at radius 1 is 1.38 bits per heavy atom. The highest BCUT2D eigenvalue weighted by Crippen LogP contribution is 2.19. The summed E-state index contributed by atoms with van der Waals surface area (Å²) in [7, 11) is 1.33. The van der Waals surface area contributed by atoms with Crippen LogP contribution in [-0.4, -0.2) is 29.1 Å². The molecule has 0 aromatic carbocycles. The van der Waals surface area contributed by atoms with Crippen LogP contribution in [0.2, 0.25) is 0 Å². The van der Waals surface area contributed by atoms with Crippen molar-refractivity contribution >= 4 is 27.8 Å². The molecule has 0 bridgehead atoms. The third-order valence-electron chi connectivity index (χ3n) is 3.34. The van der Waals surface area contributed by atoms with Gasteiger partial charge in [-0.3, -0.25) is 4.79 Å². The number of hydrogen-bond acceptors (Lipinski definition) is 3. The van der Waals surface area contributed by atoms with Crippen molar-refractivity contribution in [1.82, 2.24) is 9.88 Å². The summed E-state index contributed by atoms with van der Waals surface area (Å²) in [6, 6.07) is 1.76. The first-order valence-corrected chi connectivity index (χ1v) is 7.93. The van der Waals surface area contributed by atoms with Gasteiger partial charge in [-0.1, -0.05) is 20.3 Å². The van der Waals surface area contributed by atoms with Gasteiger partial charge in [-0.15, -0.1) is 0 Å². The monoisotopic (exact) mass is 358 g/mol. The molecule has 5 nitrogen and oxygen atoms in total. The van der Waals surface area contributed by atoms with Crippen molar-refractivity contribution in [2.75, 3.05) is 7.11 Å². The molecule has 0 aliphatic carbocycles. The van der Waals surface area contributed by atoms with Gasteiger partial charge < -0.3 is 14.6 Å². The predicted molar refractivity (Wildman–Crippen MR) is 85.2 cm³/mol. The van der Waals surface area contributed by atoms with Gasteiger partial charge in [0.1, 0.15) is 11.2 Å². The Morgan fingerprint density at radius 2 is 2.05 bits per heavy atom. The number of halogens is 1. The van der Waals surface area contributed by atoms with Crippen LogP contribution in [0.25, 0.3) is 0 Å². The van der Waals surface area contributed by atoms with Crippen molar-refractivity contribution in [3.05, 3.63) is 22.4 Å². The van der Waals surface area contributed by atoms with Crippen molar-refractivity contribution in [3.63, 3.8) is 0 Å². The number of nitrogens with zero attached hydrogens (tertiary/aromatic N) is 1. The Hall–Kier alpha value is -1.30. The van der Waals surface area contributed by atoms with E-state index in [4.69, 9.17) is 4.74 Å². The number of amides is 1. The van der Waals surface area contributed by atoms with Crippen molar-refractivity contribution in [2.45, 2.75) is 52.1 Å². The maximum absolute atomic E-state index is 12.5. The number of methoxy groups -OCH3 is 1. The summed E-state index contributed by atoms with van der Waals surface area (Å²) in [6.07, 6.45) is 4.09. The summed E-state index contributed by atoms with van der Waals surface area (Å²) in [6.45, 7) is 6.45. The molecule has 0 saturated heterocycles. The fourth-order valence-corrected chi connectivity index (χ4v) is 2.81. The highest BCUT2D eigenvalue weighted by Gasteiger charge is 2.35. The quantitative estimate of drug-likeness (QED) is 0.761. The van der Waals surface area contributed by atoms with Gasteiger partial charge in [-0.25, -0.2) is 4.79 Å².